The standard InChI is InChI=1S/C11H16N2OS/c1-7-8(12)5-9(15-7)10(14)13-6-11(2)3-4-11/h5H,3-4,6,12H2,1-2H3,(H,13,14). The van der Waals surface area contributed by atoms with Crippen LogP contribution in [0.25, 0.3) is 0 Å². The molecule has 0 saturated heterocycles. The lowest BCUT2D eigenvalue weighted by Gasteiger charge is -2.08. The molecule has 0 unspecified atom stereocenters. The first-order valence-corrected chi connectivity index (χ1v) is 5.96. The number of anilines is 1. The number of hydrogen-bond donors (Lipinski definition) is 2. The summed E-state index contributed by atoms with van der Waals surface area (Å²) in [5, 5.41) is 2.96. The molecule has 0 spiro atoms. The third-order valence-electron chi connectivity index (χ3n) is 2.96. The van der Waals surface area contributed by atoms with E-state index in [0.29, 0.717) is 16.0 Å². The Morgan fingerprint density at radius 2 is 2.33 bits per heavy atom. The molecule has 0 aliphatic heterocycles. The van der Waals surface area contributed by atoms with Gasteiger partial charge in [-0.2, -0.15) is 0 Å². The van der Waals surface area contributed by atoms with Crippen molar-refractivity contribution >= 4 is 22.9 Å². The molecule has 3 N–H and O–H groups in total. The lowest BCUT2D eigenvalue weighted by atomic mass is 10.1. The number of carbonyl (C=O) groups is 1. The lowest BCUT2D eigenvalue weighted by Crippen LogP contribution is -2.28. The summed E-state index contributed by atoms with van der Waals surface area (Å²) >= 11 is 1.46. The summed E-state index contributed by atoms with van der Waals surface area (Å²) < 4.78 is 0. The minimum atomic E-state index is 0.00734. The van der Waals surface area contributed by atoms with E-state index in [-0.39, 0.29) is 5.91 Å². The SMILES string of the molecule is Cc1sc(C(=O)NCC2(C)CC2)cc1N. The van der Waals surface area contributed by atoms with Gasteiger partial charge in [0, 0.05) is 17.1 Å². The van der Waals surface area contributed by atoms with Crippen molar-refractivity contribution in [2.24, 2.45) is 5.41 Å². The first kappa shape index (κ1) is 10.5. The van der Waals surface area contributed by atoms with E-state index in [1.165, 1.54) is 24.2 Å². The van der Waals surface area contributed by atoms with Crippen LogP contribution in [-0.2, 0) is 0 Å². The molecule has 15 heavy (non-hydrogen) atoms. The average Bonchev–Trinajstić information content (AvgIpc) is 2.83. The van der Waals surface area contributed by atoms with E-state index in [9.17, 15) is 4.79 Å². The Morgan fingerprint density at radius 3 is 2.80 bits per heavy atom. The van der Waals surface area contributed by atoms with Gasteiger partial charge in [0.2, 0.25) is 0 Å². The fraction of sp³-hybridized carbons (Fsp3) is 0.545. The van der Waals surface area contributed by atoms with Crippen molar-refractivity contribution < 1.29 is 4.79 Å². The van der Waals surface area contributed by atoms with Gasteiger partial charge in [-0.05, 0) is 31.2 Å². The number of nitrogens with two attached hydrogens (primary N) is 1. The van der Waals surface area contributed by atoms with Gasteiger partial charge in [0.15, 0.2) is 0 Å². The van der Waals surface area contributed by atoms with E-state index < -0.39 is 0 Å². The highest BCUT2D eigenvalue weighted by atomic mass is 32.1. The summed E-state index contributed by atoms with van der Waals surface area (Å²) in [6.07, 6.45) is 2.44. The maximum atomic E-state index is 11.7. The summed E-state index contributed by atoms with van der Waals surface area (Å²) in [7, 11) is 0. The Hall–Kier alpha value is -1.03. The van der Waals surface area contributed by atoms with E-state index >= 15 is 0 Å². The molecule has 2 rings (SSSR count). The van der Waals surface area contributed by atoms with Crippen LogP contribution in [0.15, 0.2) is 6.07 Å². The van der Waals surface area contributed by atoms with E-state index in [0.717, 1.165) is 11.4 Å². The zero-order valence-corrected chi connectivity index (χ0v) is 9.91. The third kappa shape index (κ3) is 2.31. The van der Waals surface area contributed by atoms with Gasteiger partial charge in [-0.25, -0.2) is 0 Å². The van der Waals surface area contributed by atoms with E-state index in [4.69, 9.17) is 5.73 Å². The molecule has 0 aromatic carbocycles. The van der Waals surface area contributed by atoms with Crippen molar-refractivity contribution in [2.75, 3.05) is 12.3 Å². The Bertz CT molecular complexity index is 374. The zero-order valence-electron chi connectivity index (χ0n) is 9.09. The molecule has 1 heterocycles. The number of nitrogen functional groups attached to an aromatic ring is 1. The van der Waals surface area contributed by atoms with Crippen molar-refractivity contribution in [3.05, 3.63) is 15.8 Å². The first-order valence-electron chi connectivity index (χ1n) is 5.14. The molecule has 1 fully saturated rings. The molecular weight excluding hydrogens is 208 g/mol. The smallest absolute Gasteiger partial charge is 0.261 e. The largest absolute Gasteiger partial charge is 0.398 e. The van der Waals surface area contributed by atoms with Gasteiger partial charge in [-0.1, -0.05) is 6.92 Å². The third-order valence-corrected chi connectivity index (χ3v) is 4.02. The Morgan fingerprint density at radius 1 is 1.67 bits per heavy atom. The van der Waals surface area contributed by atoms with Gasteiger partial charge in [-0.3, -0.25) is 4.79 Å². The minimum absolute atomic E-state index is 0.00734. The van der Waals surface area contributed by atoms with Crippen molar-refractivity contribution in [2.45, 2.75) is 26.7 Å². The second-order valence-electron chi connectivity index (χ2n) is 4.62. The number of hydrogen-bond acceptors (Lipinski definition) is 3. The summed E-state index contributed by atoms with van der Waals surface area (Å²) in [6, 6.07) is 1.75. The van der Waals surface area contributed by atoms with Crippen molar-refractivity contribution in [1.82, 2.24) is 5.32 Å². The van der Waals surface area contributed by atoms with Crippen LogP contribution in [0.5, 0.6) is 0 Å². The minimum Gasteiger partial charge on any atom is -0.398 e. The van der Waals surface area contributed by atoms with Crippen LogP contribution in [-0.4, -0.2) is 12.5 Å². The van der Waals surface area contributed by atoms with Crippen LogP contribution in [0.2, 0.25) is 0 Å². The average molecular weight is 224 g/mol. The van der Waals surface area contributed by atoms with Crippen molar-refractivity contribution in [1.29, 1.82) is 0 Å². The van der Waals surface area contributed by atoms with Crippen LogP contribution in [0.1, 0.15) is 34.3 Å². The van der Waals surface area contributed by atoms with Crippen LogP contribution >= 0.6 is 11.3 Å². The number of carbonyl (C=O) groups excluding carboxylic acids is 1. The number of thiophene rings is 1. The molecule has 82 valence electrons. The molecule has 1 aliphatic carbocycles. The first-order chi connectivity index (χ1) is 7.00. The molecule has 1 aliphatic rings. The fourth-order valence-electron chi connectivity index (χ4n) is 1.38. The molecule has 1 aromatic heterocycles. The van der Waals surface area contributed by atoms with Crippen LogP contribution in [0.4, 0.5) is 5.69 Å². The Balaban J connectivity index is 1.95. The number of amides is 1. The Kier molecular flexibility index (Phi) is 2.46. The highest BCUT2D eigenvalue weighted by molar-refractivity contribution is 7.14. The number of aryl methyl sites for hydroxylation is 1. The van der Waals surface area contributed by atoms with Crippen LogP contribution in [0.3, 0.4) is 0 Å². The summed E-state index contributed by atoms with van der Waals surface area (Å²) in [4.78, 5) is 13.5. The molecular formula is C11H16N2OS. The highest BCUT2D eigenvalue weighted by Gasteiger charge is 2.37. The van der Waals surface area contributed by atoms with Gasteiger partial charge in [0.05, 0.1) is 4.88 Å². The second kappa shape index (κ2) is 3.52. The summed E-state index contributed by atoms with van der Waals surface area (Å²) in [5.74, 6) is 0.00734. The van der Waals surface area contributed by atoms with Crippen molar-refractivity contribution in [3.63, 3.8) is 0 Å². The van der Waals surface area contributed by atoms with Crippen LogP contribution < -0.4 is 11.1 Å². The van der Waals surface area contributed by atoms with E-state index in [2.05, 4.69) is 12.2 Å². The number of nitrogens with one attached hydrogen (secondary N) is 1. The molecule has 0 bridgehead atoms. The van der Waals surface area contributed by atoms with Gasteiger partial charge in [0.1, 0.15) is 0 Å². The predicted octanol–water partition coefficient (Wildman–Crippen LogP) is 2.17. The van der Waals surface area contributed by atoms with Gasteiger partial charge < -0.3 is 11.1 Å². The quantitative estimate of drug-likeness (QED) is 0.826. The van der Waals surface area contributed by atoms with Gasteiger partial charge in [-0.15, -0.1) is 11.3 Å². The fourth-order valence-corrected chi connectivity index (χ4v) is 2.24. The molecule has 0 radical (unpaired) electrons. The molecule has 1 amide bonds. The Labute approximate surface area is 93.7 Å². The molecule has 0 atom stereocenters. The monoisotopic (exact) mass is 224 g/mol. The lowest BCUT2D eigenvalue weighted by molar-refractivity contribution is 0.0950. The molecule has 3 nitrogen and oxygen atoms in total. The van der Waals surface area contributed by atoms with E-state index in [1.54, 1.807) is 6.07 Å². The van der Waals surface area contributed by atoms with Crippen molar-refractivity contribution in [3.8, 4) is 0 Å². The predicted molar refractivity (Wildman–Crippen MR) is 63.1 cm³/mol. The topological polar surface area (TPSA) is 55.1 Å². The second-order valence-corrected chi connectivity index (χ2v) is 5.87. The highest BCUT2D eigenvalue weighted by Crippen LogP contribution is 2.44. The summed E-state index contributed by atoms with van der Waals surface area (Å²) in [6.45, 7) is 4.91. The summed E-state index contributed by atoms with van der Waals surface area (Å²) in [5.41, 5.74) is 6.77. The molecule has 1 aromatic rings. The van der Waals surface area contributed by atoms with Gasteiger partial charge in [0.25, 0.3) is 5.91 Å². The maximum Gasteiger partial charge on any atom is 0.261 e. The molecule has 1 saturated carbocycles. The zero-order chi connectivity index (χ0) is 11.1. The molecule has 4 heteroatoms. The van der Waals surface area contributed by atoms with Crippen LogP contribution in [0, 0.1) is 12.3 Å². The normalized spacial score (nSPS) is 17.5. The maximum absolute atomic E-state index is 11.7. The van der Waals surface area contributed by atoms with Gasteiger partial charge >= 0.3 is 0 Å². The number of rotatable bonds is 3. The van der Waals surface area contributed by atoms with E-state index in [1.807, 2.05) is 6.92 Å².